The van der Waals surface area contributed by atoms with Gasteiger partial charge in [-0.1, -0.05) is 6.07 Å². The molecule has 1 aromatic heterocycles. The lowest BCUT2D eigenvalue weighted by Gasteiger charge is -2.24. The van der Waals surface area contributed by atoms with E-state index in [9.17, 15) is 17.2 Å². The van der Waals surface area contributed by atoms with Crippen molar-refractivity contribution in [3.05, 3.63) is 82.0 Å². The summed E-state index contributed by atoms with van der Waals surface area (Å²) in [7, 11) is -2.57. The minimum Gasteiger partial charge on any atom is -0.497 e. The van der Waals surface area contributed by atoms with Gasteiger partial charge in [0.1, 0.15) is 23.2 Å². The lowest BCUT2D eigenvalue weighted by atomic mass is 10.1. The molecule has 0 saturated heterocycles. The van der Waals surface area contributed by atoms with E-state index in [1.54, 1.807) is 25.3 Å². The van der Waals surface area contributed by atoms with Gasteiger partial charge >= 0.3 is 0 Å². The molecule has 0 amide bonds. The van der Waals surface area contributed by atoms with Crippen LogP contribution < -0.4 is 9.04 Å². The molecule has 0 atom stereocenters. The van der Waals surface area contributed by atoms with Gasteiger partial charge in [0, 0.05) is 0 Å². The molecule has 0 fully saturated rings. The predicted molar refractivity (Wildman–Crippen MR) is 109 cm³/mol. The first-order valence-corrected chi connectivity index (χ1v) is 10.7. The number of methoxy groups -OCH3 is 1. The van der Waals surface area contributed by atoms with Crippen molar-refractivity contribution in [3.8, 4) is 5.75 Å². The van der Waals surface area contributed by atoms with Crippen molar-refractivity contribution >= 4 is 31.8 Å². The molecule has 0 aliphatic carbocycles. The van der Waals surface area contributed by atoms with Gasteiger partial charge in [0.05, 0.1) is 29.2 Å². The molecule has 3 rings (SSSR count). The highest BCUT2D eigenvalue weighted by Crippen LogP contribution is 2.28. The topological polar surface area (TPSA) is 59.5 Å². The Morgan fingerprint density at radius 3 is 2.45 bits per heavy atom. The summed E-state index contributed by atoms with van der Waals surface area (Å²) in [4.78, 5) is 3.81. The maximum atomic E-state index is 13.6. The summed E-state index contributed by atoms with van der Waals surface area (Å²) in [6.45, 7) is 1.78. The van der Waals surface area contributed by atoms with E-state index >= 15 is 0 Å². The van der Waals surface area contributed by atoms with E-state index in [1.165, 1.54) is 18.2 Å². The van der Waals surface area contributed by atoms with Crippen LogP contribution in [0.3, 0.4) is 0 Å². The number of pyridine rings is 1. The molecule has 152 valence electrons. The predicted octanol–water partition coefficient (Wildman–Crippen LogP) is 4.83. The van der Waals surface area contributed by atoms with Crippen LogP contribution in [0.4, 0.5) is 14.6 Å². The molecule has 0 unspecified atom stereocenters. The van der Waals surface area contributed by atoms with Crippen LogP contribution in [0.15, 0.2) is 64.1 Å². The number of ether oxygens (including phenoxy) is 1. The van der Waals surface area contributed by atoms with E-state index in [0.717, 1.165) is 28.2 Å². The molecular formula is C20H17BrF2N2O3S. The zero-order valence-electron chi connectivity index (χ0n) is 15.6. The fraction of sp³-hybridized carbons (Fsp3) is 0.150. The van der Waals surface area contributed by atoms with Gasteiger partial charge in [-0.15, -0.1) is 0 Å². The Labute approximate surface area is 176 Å². The van der Waals surface area contributed by atoms with E-state index in [4.69, 9.17) is 4.74 Å². The molecule has 0 spiro atoms. The van der Waals surface area contributed by atoms with Crippen molar-refractivity contribution in [2.24, 2.45) is 0 Å². The van der Waals surface area contributed by atoms with Crippen LogP contribution in [0, 0.1) is 18.6 Å². The van der Waals surface area contributed by atoms with Gasteiger partial charge in [0.25, 0.3) is 10.0 Å². The second-order valence-corrected chi connectivity index (χ2v) is 8.93. The number of halogens is 3. The van der Waals surface area contributed by atoms with Crippen LogP contribution in [-0.4, -0.2) is 20.5 Å². The van der Waals surface area contributed by atoms with E-state index in [1.807, 2.05) is 6.92 Å². The highest BCUT2D eigenvalue weighted by Gasteiger charge is 2.27. The number of benzene rings is 2. The van der Waals surface area contributed by atoms with Crippen LogP contribution in [0.5, 0.6) is 5.75 Å². The molecule has 1 heterocycles. The molecule has 29 heavy (non-hydrogen) atoms. The van der Waals surface area contributed by atoms with Crippen molar-refractivity contribution < 1.29 is 21.9 Å². The molecule has 0 bridgehead atoms. The summed E-state index contributed by atoms with van der Waals surface area (Å²) >= 11 is 3.01. The number of aromatic nitrogens is 1. The van der Waals surface area contributed by atoms with Crippen LogP contribution in [-0.2, 0) is 16.6 Å². The normalized spacial score (nSPS) is 11.3. The Morgan fingerprint density at radius 1 is 1.10 bits per heavy atom. The third-order valence-electron chi connectivity index (χ3n) is 4.31. The zero-order chi connectivity index (χ0) is 21.2. The number of hydrogen-bond acceptors (Lipinski definition) is 4. The SMILES string of the molecule is COc1ccc(CN(c2ccc(F)cn2)S(=O)(=O)c2ccc(F)c(Br)c2)c(C)c1. The van der Waals surface area contributed by atoms with Crippen LogP contribution in [0.2, 0.25) is 0 Å². The summed E-state index contributed by atoms with van der Waals surface area (Å²) in [6, 6.07) is 11.1. The second kappa shape index (κ2) is 8.46. The summed E-state index contributed by atoms with van der Waals surface area (Å²) in [6.07, 6.45) is 0.944. The number of aryl methyl sites for hydroxylation is 1. The minimum absolute atomic E-state index is 0.0196. The fourth-order valence-corrected chi connectivity index (χ4v) is 4.65. The Kier molecular flexibility index (Phi) is 6.18. The summed E-state index contributed by atoms with van der Waals surface area (Å²) < 4.78 is 59.9. The Bertz CT molecular complexity index is 1140. The summed E-state index contributed by atoms with van der Waals surface area (Å²) in [5, 5.41) is 0. The molecule has 0 saturated carbocycles. The summed E-state index contributed by atoms with van der Waals surface area (Å²) in [5.74, 6) is -0.484. The van der Waals surface area contributed by atoms with E-state index < -0.39 is 21.7 Å². The first kappa shape index (κ1) is 21.2. The lowest BCUT2D eigenvalue weighted by Crippen LogP contribution is -2.31. The van der Waals surface area contributed by atoms with Crippen molar-refractivity contribution in [2.75, 3.05) is 11.4 Å². The van der Waals surface area contributed by atoms with Crippen molar-refractivity contribution in [2.45, 2.75) is 18.4 Å². The minimum atomic E-state index is -4.12. The van der Waals surface area contributed by atoms with Crippen molar-refractivity contribution in [1.82, 2.24) is 4.98 Å². The molecule has 5 nitrogen and oxygen atoms in total. The van der Waals surface area contributed by atoms with Crippen LogP contribution in [0.25, 0.3) is 0 Å². The van der Waals surface area contributed by atoms with Gasteiger partial charge in [0.2, 0.25) is 0 Å². The monoisotopic (exact) mass is 482 g/mol. The van der Waals surface area contributed by atoms with Crippen molar-refractivity contribution in [3.63, 3.8) is 0 Å². The van der Waals surface area contributed by atoms with Gasteiger partial charge in [-0.2, -0.15) is 0 Å². The van der Waals surface area contributed by atoms with Gasteiger partial charge in [-0.3, -0.25) is 0 Å². The van der Waals surface area contributed by atoms with Crippen LogP contribution >= 0.6 is 15.9 Å². The Balaban J connectivity index is 2.10. The zero-order valence-corrected chi connectivity index (χ0v) is 18.0. The Hall–Kier alpha value is -2.52. The van der Waals surface area contributed by atoms with E-state index in [0.29, 0.717) is 11.3 Å². The molecule has 0 N–H and O–H groups in total. The smallest absolute Gasteiger partial charge is 0.265 e. The number of nitrogens with zero attached hydrogens (tertiary/aromatic N) is 2. The van der Waals surface area contributed by atoms with Gasteiger partial charge in [-0.05, 0) is 76.4 Å². The molecule has 0 aliphatic heterocycles. The number of anilines is 1. The first-order chi connectivity index (χ1) is 13.7. The molecule has 3 aromatic rings. The quantitative estimate of drug-likeness (QED) is 0.504. The van der Waals surface area contributed by atoms with E-state index in [-0.39, 0.29) is 21.7 Å². The first-order valence-electron chi connectivity index (χ1n) is 8.45. The second-order valence-electron chi connectivity index (χ2n) is 6.21. The number of sulfonamides is 1. The van der Waals surface area contributed by atoms with Crippen LogP contribution in [0.1, 0.15) is 11.1 Å². The molecule has 9 heteroatoms. The summed E-state index contributed by atoms with van der Waals surface area (Å²) in [5.41, 5.74) is 1.52. The van der Waals surface area contributed by atoms with Gasteiger partial charge in [-0.25, -0.2) is 26.5 Å². The largest absolute Gasteiger partial charge is 0.497 e. The maximum absolute atomic E-state index is 13.6. The average molecular weight is 483 g/mol. The molecular weight excluding hydrogens is 466 g/mol. The average Bonchev–Trinajstić information content (AvgIpc) is 2.69. The standard InChI is InChI=1S/C20H17BrF2N2O3S/c1-13-9-16(28-2)5-3-14(13)12-25(20-8-4-15(22)11-24-20)29(26,27)17-6-7-19(23)18(21)10-17/h3-11H,12H2,1-2H3. The highest BCUT2D eigenvalue weighted by atomic mass is 79.9. The maximum Gasteiger partial charge on any atom is 0.265 e. The van der Waals surface area contributed by atoms with Gasteiger partial charge in [0.15, 0.2) is 0 Å². The molecule has 0 radical (unpaired) electrons. The highest BCUT2D eigenvalue weighted by molar-refractivity contribution is 9.10. The van der Waals surface area contributed by atoms with Crippen molar-refractivity contribution in [1.29, 1.82) is 0 Å². The number of hydrogen-bond donors (Lipinski definition) is 0. The third kappa shape index (κ3) is 4.56. The van der Waals surface area contributed by atoms with E-state index in [2.05, 4.69) is 20.9 Å². The molecule has 2 aromatic carbocycles. The third-order valence-corrected chi connectivity index (χ3v) is 6.66. The Morgan fingerprint density at radius 2 is 1.86 bits per heavy atom. The van der Waals surface area contributed by atoms with Gasteiger partial charge < -0.3 is 4.74 Å². The fourth-order valence-electron chi connectivity index (χ4n) is 2.70. The lowest BCUT2D eigenvalue weighted by molar-refractivity contribution is 0.414. The number of rotatable bonds is 6. The molecule has 0 aliphatic rings.